The molecule has 0 heterocycles. The Balaban J connectivity index is 3.50. The predicted octanol–water partition coefficient (Wildman–Crippen LogP) is 0.655. The first-order valence-electron chi connectivity index (χ1n) is 3.00. The third-order valence-electron chi connectivity index (χ3n) is 1.30. The third-order valence-corrected chi connectivity index (χ3v) is 2.47. The van der Waals surface area contributed by atoms with Crippen LogP contribution in [0.1, 0.15) is 0 Å². The van der Waals surface area contributed by atoms with Crippen molar-refractivity contribution in [3.63, 3.8) is 0 Å². The van der Waals surface area contributed by atoms with Crippen molar-refractivity contribution in [2.75, 3.05) is 0 Å². The average molecular weight is 224 g/mol. The summed E-state index contributed by atoms with van der Waals surface area (Å²) in [7, 11) is -4.79. The highest BCUT2D eigenvalue weighted by Crippen LogP contribution is 2.33. The lowest BCUT2D eigenvalue weighted by molar-refractivity contribution is 0.427. The van der Waals surface area contributed by atoms with Crippen molar-refractivity contribution < 1.29 is 23.2 Å². The maximum absolute atomic E-state index is 10.4. The molecule has 2 N–H and O–H groups in total. The standard InChI is InChI=1S/C6H5ClO5S/c7-3-1-5(9)6(2-4(3)8)13(10,11)12/h1-2,8-9H,(H,10,11,12)/p-1. The molecule has 0 spiro atoms. The lowest BCUT2D eigenvalue weighted by Gasteiger charge is -2.09. The van der Waals surface area contributed by atoms with Crippen molar-refractivity contribution in [1.29, 1.82) is 0 Å². The fourth-order valence-electron chi connectivity index (χ4n) is 0.732. The number of benzene rings is 1. The highest BCUT2D eigenvalue weighted by molar-refractivity contribution is 7.85. The van der Waals surface area contributed by atoms with Gasteiger partial charge in [0.25, 0.3) is 0 Å². The van der Waals surface area contributed by atoms with Crippen molar-refractivity contribution in [2.45, 2.75) is 4.90 Å². The van der Waals surface area contributed by atoms with Crippen molar-refractivity contribution in [3.05, 3.63) is 17.2 Å². The second kappa shape index (κ2) is 3.06. The SMILES string of the molecule is O=S(=O)([O-])c1cc(O)c(Cl)cc1O. The lowest BCUT2D eigenvalue weighted by Crippen LogP contribution is -1.98. The zero-order chi connectivity index (χ0) is 10.2. The predicted molar refractivity (Wildman–Crippen MR) is 42.7 cm³/mol. The van der Waals surface area contributed by atoms with Gasteiger partial charge >= 0.3 is 0 Å². The molecule has 7 heteroatoms. The molecule has 0 bridgehead atoms. The second-order valence-electron chi connectivity index (χ2n) is 2.23. The van der Waals surface area contributed by atoms with E-state index in [1.807, 2.05) is 0 Å². The van der Waals surface area contributed by atoms with E-state index in [-0.39, 0.29) is 5.02 Å². The number of halogens is 1. The van der Waals surface area contributed by atoms with Gasteiger partial charge in [0.05, 0.1) is 9.92 Å². The van der Waals surface area contributed by atoms with E-state index in [4.69, 9.17) is 21.8 Å². The summed E-state index contributed by atoms with van der Waals surface area (Å²) in [5, 5.41) is 17.7. The summed E-state index contributed by atoms with van der Waals surface area (Å²) in [6.45, 7) is 0. The molecule has 0 aliphatic carbocycles. The Morgan fingerprint density at radius 1 is 1.23 bits per heavy atom. The van der Waals surface area contributed by atoms with E-state index in [0.29, 0.717) is 6.07 Å². The zero-order valence-corrected chi connectivity index (χ0v) is 7.63. The van der Waals surface area contributed by atoms with Gasteiger partial charge in [-0.05, 0) is 0 Å². The van der Waals surface area contributed by atoms with Gasteiger partial charge in [0.1, 0.15) is 21.6 Å². The molecule has 5 nitrogen and oxygen atoms in total. The van der Waals surface area contributed by atoms with E-state index in [2.05, 4.69) is 0 Å². The van der Waals surface area contributed by atoms with Gasteiger partial charge in [-0.25, -0.2) is 8.42 Å². The van der Waals surface area contributed by atoms with Gasteiger partial charge in [-0.15, -0.1) is 0 Å². The van der Waals surface area contributed by atoms with Crippen molar-refractivity contribution in [1.82, 2.24) is 0 Å². The quantitative estimate of drug-likeness (QED) is 0.538. The minimum absolute atomic E-state index is 0.232. The smallest absolute Gasteiger partial charge is 0.135 e. The zero-order valence-electron chi connectivity index (χ0n) is 6.06. The van der Waals surface area contributed by atoms with Crippen LogP contribution in [-0.2, 0) is 10.1 Å². The lowest BCUT2D eigenvalue weighted by atomic mass is 10.3. The number of hydrogen-bond acceptors (Lipinski definition) is 5. The van der Waals surface area contributed by atoms with Crippen LogP contribution in [-0.4, -0.2) is 23.2 Å². The second-order valence-corrected chi connectivity index (χ2v) is 3.98. The van der Waals surface area contributed by atoms with Crippen LogP contribution in [0, 0.1) is 0 Å². The Morgan fingerprint density at radius 2 is 1.77 bits per heavy atom. The van der Waals surface area contributed by atoms with Gasteiger partial charge < -0.3 is 14.8 Å². The average Bonchev–Trinajstić information content (AvgIpc) is 1.94. The molecule has 13 heavy (non-hydrogen) atoms. The van der Waals surface area contributed by atoms with Gasteiger partial charge in [0, 0.05) is 12.1 Å². The molecule has 1 aromatic carbocycles. The molecule has 0 aliphatic heterocycles. The monoisotopic (exact) mass is 223 g/mol. The number of phenolic OH excluding ortho intramolecular Hbond substituents is 2. The minimum atomic E-state index is -4.79. The number of hydrogen-bond donors (Lipinski definition) is 2. The van der Waals surface area contributed by atoms with E-state index in [9.17, 15) is 13.0 Å². The summed E-state index contributed by atoms with van der Waals surface area (Å²) in [6, 6.07) is 1.38. The molecule has 1 rings (SSSR count). The molecular weight excluding hydrogens is 220 g/mol. The summed E-state index contributed by atoms with van der Waals surface area (Å²) in [5.74, 6) is -1.35. The summed E-state index contributed by atoms with van der Waals surface area (Å²) < 4.78 is 31.3. The van der Waals surface area contributed by atoms with Crippen LogP contribution in [0.5, 0.6) is 11.5 Å². The van der Waals surface area contributed by atoms with Crippen LogP contribution >= 0.6 is 11.6 Å². The Labute approximate surface area is 79.0 Å². The molecule has 0 fully saturated rings. The van der Waals surface area contributed by atoms with Crippen molar-refractivity contribution in [2.24, 2.45) is 0 Å². The molecule has 0 unspecified atom stereocenters. The van der Waals surface area contributed by atoms with Crippen molar-refractivity contribution in [3.8, 4) is 11.5 Å². The summed E-state index contributed by atoms with van der Waals surface area (Å²) in [6.07, 6.45) is 0. The summed E-state index contributed by atoms with van der Waals surface area (Å²) in [5.41, 5.74) is 0. The van der Waals surface area contributed by atoms with E-state index in [1.54, 1.807) is 0 Å². The van der Waals surface area contributed by atoms with Crippen molar-refractivity contribution >= 4 is 21.7 Å². The molecule has 0 radical (unpaired) electrons. The Hall–Kier alpha value is -0.980. The number of aromatic hydroxyl groups is 2. The van der Waals surface area contributed by atoms with Crippen LogP contribution in [0.3, 0.4) is 0 Å². The highest BCUT2D eigenvalue weighted by Gasteiger charge is 2.11. The number of phenols is 2. The molecule has 0 atom stereocenters. The first kappa shape index (κ1) is 10.1. The van der Waals surface area contributed by atoms with E-state index >= 15 is 0 Å². The third kappa shape index (κ3) is 2.03. The Morgan fingerprint density at radius 3 is 2.23 bits per heavy atom. The molecule has 1 aromatic rings. The first-order valence-corrected chi connectivity index (χ1v) is 4.78. The largest absolute Gasteiger partial charge is 0.744 e. The normalized spacial score (nSPS) is 11.5. The summed E-state index contributed by atoms with van der Waals surface area (Å²) in [4.78, 5) is -0.894. The van der Waals surface area contributed by atoms with Crippen LogP contribution < -0.4 is 0 Å². The fourth-order valence-corrected chi connectivity index (χ4v) is 1.46. The van der Waals surface area contributed by atoms with E-state index in [1.165, 1.54) is 0 Å². The van der Waals surface area contributed by atoms with Gasteiger partial charge in [-0.2, -0.15) is 0 Å². The molecule has 0 saturated heterocycles. The topological polar surface area (TPSA) is 97.7 Å². The molecule has 0 aliphatic rings. The molecule has 0 amide bonds. The van der Waals surface area contributed by atoms with Gasteiger partial charge in [-0.1, -0.05) is 11.6 Å². The molecular formula is C6H4ClO5S-. The van der Waals surface area contributed by atoms with E-state index in [0.717, 1.165) is 6.07 Å². The Bertz CT molecular complexity index is 439. The summed E-state index contributed by atoms with van der Waals surface area (Å²) >= 11 is 5.33. The van der Waals surface area contributed by atoms with Crippen LogP contribution in [0.2, 0.25) is 5.02 Å². The first-order chi connectivity index (χ1) is 5.82. The highest BCUT2D eigenvalue weighted by atomic mass is 35.5. The minimum Gasteiger partial charge on any atom is -0.744 e. The molecule has 0 saturated carbocycles. The number of rotatable bonds is 1. The van der Waals surface area contributed by atoms with Gasteiger partial charge in [0.15, 0.2) is 0 Å². The van der Waals surface area contributed by atoms with Gasteiger partial charge in [-0.3, -0.25) is 0 Å². The molecule has 72 valence electrons. The van der Waals surface area contributed by atoms with E-state index < -0.39 is 26.5 Å². The van der Waals surface area contributed by atoms with Crippen LogP contribution in [0.25, 0.3) is 0 Å². The fraction of sp³-hybridized carbons (Fsp3) is 0. The Kier molecular flexibility index (Phi) is 2.38. The maximum atomic E-state index is 10.4. The van der Waals surface area contributed by atoms with Gasteiger partial charge in [0.2, 0.25) is 0 Å². The maximum Gasteiger partial charge on any atom is 0.135 e. The van der Waals surface area contributed by atoms with Crippen LogP contribution in [0.15, 0.2) is 17.0 Å². The van der Waals surface area contributed by atoms with Crippen LogP contribution in [0.4, 0.5) is 0 Å². The molecule has 0 aromatic heterocycles.